The number of carbonyl (C=O) groups is 1. The van der Waals surface area contributed by atoms with Crippen LogP contribution < -0.4 is 0 Å². The largest absolute Gasteiger partial charge is 0.462 e. The molecule has 0 amide bonds. The molecule has 0 aromatic heterocycles. The second kappa shape index (κ2) is 7.23. The lowest BCUT2D eigenvalue weighted by molar-refractivity contribution is 0.0527. The molecule has 2 rings (SSSR count). The van der Waals surface area contributed by atoms with Gasteiger partial charge in [0.25, 0.3) is 0 Å². The molecule has 0 aliphatic rings. The van der Waals surface area contributed by atoms with Gasteiger partial charge in [0, 0.05) is 6.21 Å². The summed E-state index contributed by atoms with van der Waals surface area (Å²) in [4.78, 5) is 16.4. The van der Waals surface area contributed by atoms with E-state index in [9.17, 15) is 4.79 Å². The van der Waals surface area contributed by atoms with Crippen LogP contribution in [0.1, 0.15) is 49.2 Å². The highest BCUT2D eigenvalue weighted by molar-refractivity contribution is 5.96. The van der Waals surface area contributed by atoms with E-state index < -0.39 is 0 Å². The summed E-state index contributed by atoms with van der Waals surface area (Å²) in [5.74, 6) is -0.344. The van der Waals surface area contributed by atoms with E-state index in [1.165, 1.54) is 5.56 Å². The van der Waals surface area contributed by atoms with Crippen molar-refractivity contribution in [1.29, 1.82) is 0 Å². The average molecular weight is 309 g/mol. The Kier molecular flexibility index (Phi) is 5.32. The molecule has 0 bridgehead atoms. The molecule has 0 fully saturated rings. The van der Waals surface area contributed by atoms with Gasteiger partial charge in [-0.05, 0) is 35.6 Å². The molecule has 0 aliphatic heterocycles. The van der Waals surface area contributed by atoms with Crippen LogP contribution in [0.5, 0.6) is 0 Å². The van der Waals surface area contributed by atoms with Gasteiger partial charge in [-0.2, -0.15) is 0 Å². The van der Waals surface area contributed by atoms with Crippen molar-refractivity contribution in [2.45, 2.75) is 33.1 Å². The van der Waals surface area contributed by atoms with Crippen LogP contribution in [-0.2, 0) is 10.2 Å². The maximum absolute atomic E-state index is 11.9. The Morgan fingerprint density at radius 2 is 1.74 bits per heavy atom. The topological polar surface area (TPSA) is 38.7 Å². The number of nitrogens with zero attached hydrogens (tertiary/aromatic N) is 1. The van der Waals surface area contributed by atoms with Crippen LogP contribution in [0, 0.1) is 0 Å². The van der Waals surface area contributed by atoms with Crippen molar-refractivity contribution >= 4 is 17.9 Å². The van der Waals surface area contributed by atoms with Crippen molar-refractivity contribution < 1.29 is 9.53 Å². The van der Waals surface area contributed by atoms with Gasteiger partial charge in [-0.15, -0.1) is 0 Å². The number of hydrogen-bond donors (Lipinski definition) is 0. The molecule has 2 aromatic rings. The first-order valence-corrected chi connectivity index (χ1v) is 7.82. The third kappa shape index (κ3) is 4.52. The van der Waals surface area contributed by atoms with Gasteiger partial charge in [0.15, 0.2) is 0 Å². The van der Waals surface area contributed by atoms with Gasteiger partial charge in [-0.1, -0.05) is 57.2 Å². The van der Waals surface area contributed by atoms with Gasteiger partial charge >= 0.3 is 5.97 Å². The zero-order valence-electron chi connectivity index (χ0n) is 14.2. The van der Waals surface area contributed by atoms with E-state index in [-0.39, 0.29) is 11.4 Å². The smallest absolute Gasteiger partial charge is 0.340 e. The van der Waals surface area contributed by atoms with E-state index in [0.29, 0.717) is 17.9 Å². The fraction of sp³-hybridized carbons (Fsp3) is 0.300. The molecule has 0 saturated heterocycles. The summed E-state index contributed by atoms with van der Waals surface area (Å²) in [7, 11) is 0. The van der Waals surface area contributed by atoms with Crippen LogP contribution in [-0.4, -0.2) is 18.8 Å². The summed E-state index contributed by atoms with van der Waals surface area (Å²) in [6, 6.07) is 15.5. The Balaban J connectivity index is 2.22. The Morgan fingerprint density at radius 1 is 1.09 bits per heavy atom. The lowest BCUT2D eigenvalue weighted by Crippen LogP contribution is -2.10. The third-order valence-electron chi connectivity index (χ3n) is 3.53. The molecule has 23 heavy (non-hydrogen) atoms. The van der Waals surface area contributed by atoms with E-state index in [1.54, 1.807) is 19.2 Å². The number of benzene rings is 2. The van der Waals surface area contributed by atoms with E-state index in [2.05, 4.69) is 37.9 Å². The Hall–Kier alpha value is -2.42. The van der Waals surface area contributed by atoms with E-state index in [4.69, 9.17) is 4.74 Å². The summed E-state index contributed by atoms with van der Waals surface area (Å²) in [6.07, 6.45) is 1.77. The van der Waals surface area contributed by atoms with Crippen molar-refractivity contribution in [3.63, 3.8) is 0 Å². The number of aliphatic imine (C=N–C) groups is 1. The van der Waals surface area contributed by atoms with Crippen molar-refractivity contribution in [3.8, 4) is 0 Å². The molecular weight excluding hydrogens is 286 g/mol. The average Bonchev–Trinajstić information content (AvgIpc) is 2.53. The molecule has 0 spiro atoms. The summed E-state index contributed by atoms with van der Waals surface area (Å²) in [5.41, 5.74) is 3.51. The van der Waals surface area contributed by atoms with Gasteiger partial charge in [-0.3, -0.25) is 4.99 Å². The summed E-state index contributed by atoms with van der Waals surface area (Å²) < 4.78 is 5.06. The number of hydrogen-bond acceptors (Lipinski definition) is 3. The molecule has 0 N–H and O–H groups in total. The van der Waals surface area contributed by atoms with Crippen LogP contribution in [0.2, 0.25) is 0 Å². The molecule has 0 saturated carbocycles. The Morgan fingerprint density at radius 3 is 2.35 bits per heavy atom. The van der Waals surface area contributed by atoms with E-state index in [1.807, 2.05) is 30.3 Å². The minimum atomic E-state index is -0.344. The second-order valence-corrected chi connectivity index (χ2v) is 6.37. The standard InChI is InChI=1S/C20H23NO2/c1-5-23-19(22)17-8-6-7-9-18(17)21-14-15-10-12-16(13-11-15)20(2,3)4/h6-14H,5H2,1-4H3/b21-14+. The normalized spacial score (nSPS) is 11.7. The molecule has 0 atom stereocenters. The first kappa shape index (κ1) is 16.9. The Bertz CT molecular complexity index is 694. The summed E-state index contributed by atoms with van der Waals surface area (Å²) in [6.45, 7) is 8.70. The van der Waals surface area contributed by atoms with E-state index in [0.717, 1.165) is 5.56 Å². The maximum atomic E-state index is 11.9. The van der Waals surface area contributed by atoms with Crippen LogP contribution >= 0.6 is 0 Å². The molecule has 2 aromatic carbocycles. The minimum Gasteiger partial charge on any atom is -0.462 e. The van der Waals surface area contributed by atoms with Crippen LogP contribution in [0.15, 0.2) is 53.5 Å². The highest BCUT2D eigenvalue weighted by Gasteiger charge is 2.13. The SMILES string of the molecule is CCOC(=O)c1ccccc1/N=C/c1ccc(C(C)(C)C)cc1. The lowest BCUT2D eigenvalue weighted by atomic mass is 9.87. The summed E-state index contributed by atoms with van der Waals surface area (Å²) >= 11 is 0. The van der Waals surface area contributed by atoms with Gasteiger partial charge in [0.2, 0.25) is 0 Å². The highest BCUT2D eigenvalue weighted by Crippen LogP contribution is 2.23. The first-order valence-electron chi connectivity index (χ1n) is 7.82. The highest BCUT2D eigenvalue weighted by atomic mass is 16.5. The predicted molar refractivity (Wildman–Crippen MR) is 94.8 cm³/mol. The van der Waals surface area contributed by atoms with E-state index >= 15 is 0 Å². The fourth-order valence-corrected chi connectivity index (χ4v) is 2.18. The fourth-order valence-electron chi connectivity index (χ4n) is 2.18. The molecule has 0 aliphatic carbocycles. The number of rotatable bonds is 4. The zero-order chi connectivity index (χ0) is 16.9. The van der Waals surface area contributed by atoms with Crippen LogP contribution in [0.3, 0.4) is 0 Å². The van der Waals surface area contributed by atoms with Crippen molar-refractivity contribution in [3.05, 3.63) is 65.2 Å². The molecule has 3 nitrogen and oxygen atoms in total. The molecule has 0 heterocycles. The zero-order valence-corrected chi connectivity index (χ0v) is 14.2. The summed E-state index contributed by atoms with van der Waals surface area (Å²) in [5, 5.41) is 0. The van der Waals surface area contributed by atoms with Crippen molar-refractivity contribution in [1.82, 2.24) is 0 Å². The number of carbonyl (C=O) groups excluding carboxylic acids is 1. The second-order valence-electron chi connectivity index (χ2n) is 6.37. The van der Waals surface area contributed by atoms with Gasteiger partial charge < -0.3 is 4.74 Å². The van der Waals surface area contributed by atoms with Gasteiger partial charge in [-0.25, -0.2) is 4.79 Å². The van der Waals surface area contributed by atoms with Gasteiger partial charge in [0.05, 0.1) is 17.9 Å². The monoisotopic (exact) mass is 309 g/mol. The predicted octanol–water partition coefficient (Wildman–Crippen LogP) is 4.91. The number of para-hydroxylation sites is 1. The first-order chi connectivity index (χ1) is 10.9. The van der Waals surface area contributed by atoms with Crippen molar-refractivity contribution in [2.24, 2.45) is 4.99 Å². The van der Waals surface area contributed by atoms with Crippen LogP contribution in [0.4, 0.5) is 5.69 Å². The van der Waals surface area contributed by atoms with Gasteiger partial charge in [0.1, 0.15) is 0 Å². The molecule has 120 valence electrons. The molecular formula is C20H23NO2. The quantitative estimate of drug-likeness (QED) is 0.594. The molecule has 0 radical (unpaired) electrons. The molecule has 3 heteroatoms. The molecule has 0 unspecified atom stereocenters. The third-order valence-corrected chi connectivity index (χ3v) is 3.53. The minimum absolute atomic E-state index is 0.131. The van der Waals surface area contributed by atoms with Crippen LogP contribution in [0.25, 0.3) is 0 Å². The maximum Gasteiger partial charge on any atom is 0.340 e. The number of esters is 1. The lowest BCUT2D eigenvalue weighted by Gasteiger charge is -2.18. The Labute approximate surface area is 138 Å². The van der Waals surface area contributed by atoms with Crippen molar-refractivity contribution in [2.75, 3.05) is 6.61 Å². The number of ether oxygens (including phenoxy) is 1.